The lowest BCUT2D eigenvalue weighted by molar-refractivity contribution is 0.327. The SMILES string of the molecule is CCOc1ccc(Br)cc1S(=O)(=O)N1CCC[C@@H]1c1nc2ccccc2s1. The second kappa shape index (κ2) is 7.50. The average Bonchev–Trinajstić information content (AvgIpc) is 3.30. The molecule has 1 aromatic heterocycles. The van der Waals surface area contributed by atoms with Crippen LogP contribution in [0.3, 0.4) is 0 Å². The van der Waals surface area contributed by atoms with Gasteiger partial charge in [-0.15, -0.1) is 11.3 Å². The van der Waals surface area contributed by atoms with Crippen molar-refractivity contribution in [1.29, 1.82) is 0 Å². The summed E-state index contributed by atoms with van der Waals surface area (Å²) in [6.07, 6.45) is 1.59. The van der Waals surface area contributed by atoms with Crippen LogP contribution < -0.4 is 4.74 Å². The summed E-state index contributed by atoms with van der Waals surface area (Å²) in [4.78, 5) is 4.90. The van der Waals surface area contributed by atoms with Crippen LogP contribution in [0.2, 0.25) is 0 Å². The van der Waals surface area contributed by atoms with Crippen molar-refractivity contribution in [2.75, 3.05) is 13.2 Å². The molecule has 0 radical (unpaired) electrons. The van der Waals surface area contributed by atoms with Crippen LogP contribution in [0.25, 0.3) is 10.2 Å². The van der Waals surface area contributed by atoms with Gasteiger partial charge in [0.25, 0.3) is 0 Å². The van der Waals surface area contributed by atoms with E-state index in [1.807, 2.05) is 31.2 Å². The van der Waals surface area contributed by atoms with Crippen molar-refractivity contribution in [2.45, 2.75) is 30.7 Å². The highest BCUT2D eigenvalue weighted by Crippen LogP contribution is 2.41. The molecule has 3 aromatic rings. The third-order valence-corrected chi connectivity index (χ3v) is 8.15. The predicted octanol–water partition coefficient (Wildman–Crippen LogP) is 4.98. The molecule has 1 aliphatic heterocycles. The molecule has 27 heavy (non-hydrogen) atoms. The zero-order chi connectivity index (χ0) is 19.0. The van der Waals surface area contributed by atoms with E-state index in [2.05, 4.69) is 15.9 Å². The van der Waals surface area contributed by atoms with Crippen LogP contribution in [-0.4, -0.2) is 30.9 Å². The number of benzene rings is 2. The number of hydrogen-bond acceptors (Lipinski definition) is 5. The van der Waals surface area contributed by atoms with Crippen molar-refractivity contribution in [3.05, 3.63) is 51.9 Å². The summed E-state index contributed by atoms with van der Waals surface area (Å²) in [5.74, 6) is 0.385. The van der Waals surface area contributed by atoms with Gasteiger partial charge in [-0.1, -0.05) is 28.1 Å². The van der Waals surface area contributed by atoms with E-state index in [1.54, 1.807) is 33.8 Å². The van der Waals surface area contributed by atoms with Gasteiger partial charge in [0.15, 0.2) is 0 Å². The Labute approximate surface area is 171 Å². The minimum absolute atomic E-state index is 0.201. The topological polar surface area (TPSA) is 59.5 Å². The molecule has 142 valence electrons. The van der Waals surface area contributed by atoms with Gasteiger partial charge in [0.2, 0.25) is 10.0 Å². The molecule has 0 saturated carbocycles. The number of thiazole rings is 1. The standard InChI is InChI=1S/C19H19BrN2O3S2/c1-2-25-16-10-9-13(20)12-18(16)27(23,24)22-11-5-7-15(22)19-21-14-6-3-4-8-17(14)26-19/h3-4,6,8-10,12,15H,2,5,7,11H2,1H3/t15-/m1/s1. The van der Waals surface area contributed by atoms with Crippen LogP contribution in [0.1, 0.15) is 30.8 Å². The first-order valence-corrected chi connectivity index (χ1v) is 11.9. The van der Waals surface area contributed by atoms with Crippen LogP contribution in [0.4, 0.5) is 0 Å². The van der Waals surface area contributed by atoms with Crippen LogP contribution in [-0.2, 0) is 10.0 Å². The molecular weight excluding hydrogens is 448 g/mol. The lowest BCUT2D eigenvalue weighted by atomic mass is 10.2. The van der Waals surface area contributed by atoms with Crippen molar-refractivity contribution in [1.82, 2.24) is 9.29 Å². The smallest absolute Gasteiger partial charge is 0.247 e. The number of hydrogen-bond donors (Lipinski definition) is 0. The van der Waals surface area contributed by atoms with Gasteiger partial charge >= 0.3 is 0 Å². The van der Waals surface area contributed by atoms with E-state index in [9.17, 15) is 8.42 Å². The summed E-state index contributed by atoms with van der Waals surface area (Å²) in [5.41, 5.74) is 0.916. The van der Waals surface area contributed by atoms with Crippen molar-refractivity contribution >= 4 is 47.5 Å². The van der Waals surface area contributed by atoms with Crippen molar-refractivity contribution < 1.29 is 13.2 Å². The van der Waals surface area contributed by atoms with Gasteiger partial charge in [0.1, 0.15) is 15.7 Å². The molecule has 0 unspecified atom stereocenters. The molecule has 0 spiro atoms. The number of fused-ring (bicyclic) bond motifs is 1. The molecule has 4 rings (SSSR count). The number of para-hydroxylation sites is 1. The lowest BCUT2D eigenvalue weighted by Gasteiger charge is -2.24. The van der Waals surface area contributed by atoms with Gasteiger partial charge in [-0.2, -0.15) is 4.31 Å². The Bertz CT molecular complexity index is 1050. The van der Waals surface area contributed by atoms with Crippen LogP contribution in [0.5, 0.6) is 5.75 Å². The second-order valence-corrected chi connectivity index (χ2v) is 10.2. The molecule has 1 aliphatic rings. The van der Waals surface area contributed by atoms with E-state index in [0.717, 1.165) is 28.1 Å². The minimum atomic E-state index is -3.70. The number of ether oxygens (including phenoxy) is 1. The van der Waals surface area contributed by atoms with E-state index in [4.69, 9.17) is 9.72 Å². The predicted molar refractivity (Wildman–Crippen MR) is 111 cm³/mol. The number of rotatable bonds is 5. The third-order valence-electron chi connectivity index (χ3n) is 4.59. The van der Waals surface area contributed by atoms with Crippen molar-refractivity contribution in [3.8, 4) is 5.75 Å². The summed E-state index contributed by atoms with van der Waals surface area (Å²) in [5, 5.41) is 0.852. The Hall–Kier alpha value is -1.48. The van der Waals surface area contributed by atoms with Gasteiger partial charge in [0, 0.05) is 11.0 Å². The molecule has 8 heteroatoms. The maximum absolute atomic E-state index is 13.5. The first-order valence-electron chi connectivity index (χ1n) is 8.80. The molecular formula is C19H19BrN2O3S2. The Kier molecular flexibility index (Phi) is 5.24. The van der Waals surface area contributed by atoms with Crippen molar-refractivity contribution in [3.63, 3.8) is 0 Å². The summed E-state index contributed by atoms with van der Waals surface area (Å²) in [7, 11) is -3.70. The highest BCUT2D eigenvalue weighted by molar-refractivity contribution is 9.10. The minimum Gasteiger partial charge on any atom is -0.492 e. The fraction of sp³-hybridized carbons (Fsp3) is 0.316. The summed E-state index contributed by atoms with van der Waals surface area (Å²) < 4.78 is 35.9. The monoisotopic (exact) mass is 466 g/mol. The van der Waals surface area contributed by atoms with Gasteiger partial charge in [0.05, 0.1) is 22.9 Å². The molecule has 0 amide bonds. The molecule has 0 bridgehead atoms. The van der Waals surface area contributed by atoms with Crippen molar-refractivity contribution in [2.24, 2.45) is 0 Å². The van der Waals surface area contributed by atoms with E-state index < -0.39 is 10.0 Å². The summed E-state index contributed by atoms with van der Waals surface area (Å²) in [6, 6.07) is 12.8. The molecule has 0 N–H and O–H groups in total. The van der Waals surface area contributed by atoms with Crippen LogP contribution >= 0.6 is 27.3 Å². The molecule has 1 fully saturated rings. The zero-order valence-corrected chi connectivity index (χ0v) is 18.0. The first-order chi connectivity index (χ1) is 13.0. The summed E-state index contributed by atoms with van der Waals surface area (Å²) in [6.45, 7) is 2.74. The quantitative estimate of drug-likeness (QED) is 0.531. The molecule has 1 atom stereocenters. The maximum Gasteiger partial charge on any atom is 0.247 e. The first kappa shape index (κ1) is 18.9. The number of nitrogens with zero attached hydrogens (tertiary/aromatic N) is 2. The Morgan fingerprint density at radius 1 is 1.30 bits per heavy atom. The molecule has 2 aromatic carbocycles. The van der Waals surface area contributed by atoms with Crippen LogP contribution in [0.15, 0.2) is 51.8 Å². The van der Waals surface area contributed by atoms with Gasteiger partial charge in [-0.3, -0.25) is 0 Å². The number of halogens is 1. The highest BCUT2D eigenvalue weighted by atomic mass is 79.9. The maximum atomic E-state index is 13.5. The number of sulfonamides is 1. The molecule has 1 saturated heterocycles. The van der Waals surface area contributed by atoms with E-state index in [0.29, 0.717) is 23.4 Å². The Morgan fingerprint density at radius 2 is 2.11 bits per heavy atom. The highest BCUT2D eigenvalue weighted by Gasteiger charge is 2.39. The second-order valence-electron chi connectivity index (χ2n) is 6.32. The van der Waals surface area contributed by atoms with Gasteiger partial charge in [-0.25, -0.2) is 13.4 Å². The zero-order valence-electron chi connectivity index (χ0n) is 14.8. The largest absolute Gasteiger partial charge is 0.492 e. The number of aromatic nitrogens is 1. The average molecular weight is 467 g/mol. The molecule has 2 heterocycles. The third kappa shape index (κ3) is 3.51. The molecule has 5 nitrogen and oxygen atoms in total. The van der Waals surface area contributed by atoms with E-state index >= 15 is 0 Å². The lowest BCUT2D eigenvalue weighted by Crippen LogP contribution is -2.31. The van der Waals surface area contributed by atoms with Gasteiger partial charge in [-0.05, 0) is 50.1 Å². The fourth-order valence-electron chi connectivity index (χ4n) is 3.39. The van der Waals surface area contributed by atoms with Crippen LogP contribution in [0, 0.1) is 0 Å². The van der Waals surface area contributed by atoms with E-state index in [-0.39, 0.29) is 10.9 Å². The normalized spacial score (nSPS) is 18.2. The van der Waals surface area contributed by atoms with E-state index in [1.165, 1.54) is 0 Å². The fourth-order valence-corrected chi connectivity index (χ4v) is 6.91. The Morgan fingerprint density at radius 3 is 2.89 bits per heavy atom. The van der Waals surface area contributed by atoms with Gasteiger partial charge < -0.3 is 4.74 Å². The molecule has 0 aliphatic carbocycles. The Balaban J connectivity index is 1.76. The summed E-state index contributed by atoms with van der Waals surface area (Å²) >= 11 is 4.95.